The summed E-state index contributed by atoms with van der Waals surface area (Å²) in [7, 11) is -1.63. The van der Waals surface area contributed by atoms with Gasteiger partial charge in [0.2, 0.25) is 0 Å². The Morgan fingerprint density at radius 1 is 0.867 bits per heavy atom. The molecule has 0 amide bonds. The van der Waals surface area contributed by atoms with Crippen LogP contribution in [0.4, 0.5) is 0 Å². The summed E-state index contributed by atoms with van der Waals surface area (Å²) < 4.78 is 29.1. The van der Waals surface area contributed by atoms with Crippen molar-refractivity contribution in [1.82, 2.24) is 8.87 Å². The van der Waals surface area contributed by atoms with Gasteiger partial charge in [-0.15, -0.1) is 0 Å². The van der Waals surface area contributed by atoms with Crippen molar-refractivity contribution in [1.29, 1.82) is 0 Å². The van der Waals surface area contributed by atoms with Crippen LogP contribution in [-0.4, -0.2) is 37.4 Å². The predicted octanol–water partition coefficient (Wildman–Crippen LogP) is 5.14. The molecule has 152 valence electrons. The van der Waals surface area contributed by atoms with Gasteiger partial charge in [0.25, 0.3) is 10.0 Å². The fourth-order valence-electron chi connectivity index (χ4n) is 4.37. The Labute approximate surface area is 177 Å². The second-order valence-corrected chi connectivity index (χ2v) is 9.72. The molecule has 0 N–H and O–H groups in total. The summed E-state index contributed by atoms with van der Waals surface area (Å²) in [6, 6.07) is 20.9. The number of benzene rings is 3. The second kappa shape index (κ2) is 7.42. The molecule has 30 heavy (non-hydrogen) atoms. The molecule has 4 nitrogen and oxygen atoms in total. The summed E-state index contributed by atoms with van der Waals surface area (Å²) in [5.41, 5.74) is 2.96. The zero-order valence-electron chi connectivity index (χ0n) is 17.0. The molecule has 3 aromatic carbocycles. The highest BCUT2D eigenvalue weighted by Crippen LogP contribution is 2.34. The van der Waals surface area contributed by atoms with Crippen molar-refractivity contribution >= 4 is 37.3 Å². The number of hydrogen-bond donors (Lipinski definition) is 0. The van der Waals surface area contributed by atoms with Crippen molar-refractivity contribution in [3.63, 3.8) is 0 Å². The van der Waals surface area contributed by atoms with Crippen molar-refractivity contribution in [3.05, 3.63) is 84.6 Å². The molecule has 2 heterocycles. The number of rotatable bonds is 3. The van der Waals surface area contributed by atoms with Gasteiger partial charge in [-0.05, 0) is 49.5 Å². The van der Waals surface area contributed by atoms with E-state index in [1.807, 2.05) is 66.9 Å². The van der Waals surface area contributed by atoms with Crippen molar-refractivity contribution < 1.29 is 8.42 Å². The van der Waals surface area contributed by atoms with Gasteiger partial charge < -0.3 is 4.90 Å². The molecule has 1 aliphatic heterocycles. The Bertz CT molecular complexity index is 1380. The Balaban J connectivity index is 1.73. The predicted molar refractivity (Wildman–Crippen MR) is 123 cm³/mol. The molecule has 0 spiro atoms. The quantitative estimate of drug-likeness (QED) is 0.464. The van der Waals surface area contributed by atoms with E-state index in [2.05, 4.69) is 18.0 Å². The number of fused-ring (bicyclic) bond motifs is 2. The van der Waals surface area contributed by atoms with E-state index in [-0.39, 0.29) is 0 Å². The van der Waals surface area contributed by atoms with Gasteiger partial charge >= 0.3 is 0 Å². The average molecular weight is 417 g/mol. The maximum absolute atomic E-state index is 13.8. The topological polar surface area (TPSA) is 42.3 Å². The van der Waals surface area contributed by atoms with Gasteiger partial charge in [-0.3, -0.25) is 0 Å². The van der Waals surface area contributed by atoms with Crippen LogP contribution in [0.15, 0.2) is 83.9 Å². The summed E-state index contributed by atoms with van der Waals surface area (Å²) in [6.45, 7) is 1.93. The molecular weight excluding hydrogens is 392 g/mol. The van der Waals surface area contributed by atoms with Gasteiger partial charge in [0.15, 0.2) is 0 Å². The molecular formula is C25H24N2O2S. The van der Waals surface area contributed by atoms with Crippen molar-refractivity contribution in [2.24, 2.45) is 0 Å². The molecule has 0 aliphatic carbocycles. The SMILES string of the molecule is CN1CC=C(c2cn(S(=O)(=O)c3cccc4ccccc34)c3ccccc23)CCC1. The summed E-state index contributed by atoms with van der Waals surface area (Å²) in [5, 5.41) is 2.65. The molecule has 1 aromatic heterocycles. The highest BCUT2D eigenvalue weighted by Gasteiger charge is 2.24. The van der Waals surface area contributed by atoms with E-state index in [0.29, 0.717) is 4.90 Å². The number of aromatic nitrogens is 1. The number of hydrogen-bond acceptors (Lipinski definition) is 3. The van der Waals surface area contributed by atoms with Crippen LogP contribution >= 0.6 is 0 Å². The maximum Gasteiger partial charge on any atom is 0.268 e. The maximum atomic E-state index is 13.8. The fraction of sp³-hybridized carbons (Fsp3) is 0.200. The lowest BCUT2D eigenvalue weighted by Gasteiger charge is -2.10. The molecule has 0 saturated heterocycles. The first-order valence-electron chi connectivity index (χ1n) is 10.3. The molecule has 4 aromatic rings. The first-order valence-corrected chi connectivity index (χ1v) is 11.7. The van der Waals surface area contributed by atoms with Crippen LogP contribution < -0.4 is 0 Å². The Morgan fingerprint density at radius 3 is 2.47 bits per heavy atom. The monoisotopic (exact) mass is 416 g/mol. The number of likely N-dealkylation sites (N-methyl/N-ethyl adjacent to an activating group) is 1. The lowest BCUT2D eigenvalue weighted by atomic mass is 10.0. The van der Waals surface area contributed by atoms with E-state index in [0.717, 1.165) is 53.2 Å². The minimum Gasteiger partial charge on any atom is -0.303 e. The van der Waals surface area contributed by atoms with Crippen LogP contribution in [0.25, 0.3) is 27.2 Å². The first kappa shape index (κ1) is 19.1. The normalized spacial score (nSPS) is 16.0. The van der Waals surface area contributed by atoms with Gasteiger partial charge in [-0.1, -0.05) is 60.7 Å². The van der Waals surface area contributed by atoms with Crippen molar-refractivity contribution in [2.75, 3.05) is 20.1 Å². The average Bonchev–Trinajstić information content (AvgIpc) is 3.03. The van der Waals surface area contributed by atoms with Crippen molar-refractivity contribution in [2.45, 2.75) is 17.7 Å². The van der Waals surface area contributed by atoms with Gasteiger partial charge in [0.1, 0.15) is 0 Å². The molecule has 5 rings (SSSR count). The van der Waals surface area contributed by atoms with E-state index >= 15 is 0 Å². The van der Waals surface area contributed by atoms with E-state index < -0.39 is 10.0 Å². The van der Waals surface area contributed by atoms with E-state index in [9.17, 15) is 8.42 Å². The van der Waals surface area contributed by atoms with E-state index in [1.54, 1.807) is 6.07 Å². The zero-order valence-corrected chi connectivity index (χ0v) is 17.8. The van der Waals surface area contributed by atoms with Crippen molar-refractivity contribution in [3.8, 4) is 0 Å². The lowest BCUT2D eigenvalue weighted by Crippen LogP contribution is -2.17. The van der Waals surface area contributed by atoms with Crippen LogP contribution in [-0.2, 0) is 10.0 Å². The first-order chi connectivity index (χ1) is 14.6. The fourth-order valence-corrected chi connectivity index (χ4v) is 5.96. The molecule has 0 bridgehead atoms. The minimum absolute atomic E-state index is 0.336. The molecule has 0 unspecified atom stereocenters. The molecule has 0 atom stereocenters. The number of allylic oxidation sites excluding steroid dienone is 1. The molecule has 1 aliphatic rings. The molecule has 5 heteroatoms. The van der Waals surface area contributed by atoms with Crippen LogP contribution in [0.2, 0.25) is 0 Å². The second-order valence-electron chi connectivity index (χ2n) is 7.93. The van der Waals surface area contributed by atoms with Crippen LogP contribution in [0.5, 0.6) is 0 Å². The van der Waals surface area contributed by atoms with Gasteiger partial charge in [0, 0.05) is 29.1 Å². The molecule has 0 fully saturated rings. The summed E-state index contributed by atoms with van der Waals surface area (Å²) in [5.74, 6) is 0. The zero-order chi connectivity index (χ0) is 20.7. The molecule has 0 saturated carbocycles. The van der Waals surface area contributed by atoms with E-state index in [4.69, 9.17) is 0 Å². The summed E-state index contributed by atoms with van der Waals surface area (Å²) in [4.78, 5) is 2.63. The Kier molecular flexibility index (Phi) is 4.72. The van der Waals surface area contributed by atoms with E-state index in [1.165, 1.54) is 9.55 Å². The van der Waals surface area contributed by atoms with Gasteiger partial charge in [-0.25, -0.2) is 12.4 Å². The third kappa shape index (κ3) is 3.15. The standard InChI is InChI=1S/C25H24N2O2S/c1-26-16-7-10-20(15-17-26)23-18-27(24-13-5-4-12-22(23)24)30(28,29)25-14-6-9-19-8-2-3-11-21(19)25/h2-6,8-9,11-15,18H,7,10,16-17H2,1H3. The highest BCUT2D eigenvalue weighted by molar-refractivity contribution is 7.90. The summed E-state index contributed by atoms with van der Waals surface area (Å²) in [6.07, 6.45) is 6.08. The number of nitrogens with zero attached hydrogens (tertiary/aromatic N) is 2. The highest BCUT2D eigenvalue weighted by atomic mass is 32.2. The van der Waals surface area contributed by atoms with Gasteiger partial charge in [-0.2, -0.15) is 0 Å². The Hall–Kier alpha value is -2.89. The Morgan fingerprint density at radius 2 is 1.60 bits per heavy atom. The van der Waals surface area contributed by atoms with Crippen LogP contribution in [0, 0.1) is 0 Å². The van der Waals surface area contributed by atoms with Gasteiger partial charge in [0.05, 0.1) is 10.4 Å². The smallest absolute Gasteiger partial charge is 0.268 e. The largest absolute Gasteiger partial charge is 0.303 e. The number of para-hydroxylation sites is 1. The minimum atomic E-state index is -3.75. The van der Waals surface area contributed by atoms with Crippen LogP contribution in [0.3, 0.4) is 0 Å². The third-order valence-electron chi connectivity index (χ3n) is 5.95. The van der Waals surface area contributed by atoms with Crippen LogP contribution in [0.1, 0.15) is 18.4 Å². The summed E-state index contributed by atoms with van der Waals surface area (Å²) >= 11 is 0. The lowest BCUT2D eigenvalue weighted by molar-refractivity contribution is 0.373. The molecule has 0 radical (unpaired) electrons. The third-order valence-corrected chi connectivity index (χ3v) is 7.68.